The molecule has 92 valence electrons. The van der Waals surface area contributed by atoms with E-state index in [4.69, 9.17) is 0 Å². The first-order chi connectivity index (χ1) is 7.65. The second-order valence-corrected chi connectivity index (χ2v) is 4.74. The molecule has 0 saturated carbocycles. The molecule has 16 heavy (non-hydrogen) atoms. The molecule has 0 aromatic heterocycles. The van der Waals surface area contributed by atoms with E-state index in [0.29, 0.717) is 5.92 Å². The molecule has 0 N–H and O–H groups in total. The van der Waals surface area contributed by atoms with E-state index in [1.54, 1.807) is 0 Å². The number of hydrogen-bond acceptors (Lipinski definition) is 0. The summed E-state index contributed by atoms with van der Waals surface area (Å²) in [5.74, 6) is 1.45. The van der Waals surface area contributed by atoms with Crippen molar-refractivity contribution in [1.82, 2.24) is 0 Å². The normalized spacial score (nSPS) is 16.4. The summed E-state index contributed by atoms with van der Waals surface area (Å²) in [6, 6.07) is 0. The van der Waals surface area contributed by atoms with Gasteiger partial charge in [0.2, 0.25) is 0 Å². The lowest BCUT2D eigenvalue weighted by molar-refractivity contribution is 0.446. The molecule has 0 saturated heterocycles. The summed E-state index contributed by atoms with van der Waals surface area (Å²) in [5.41, 5.74) is 1.42. The highest BCUT2D eigenvalue weighted by molar-refractivity contribution is 5.25. The highest BCUT2D eigenvalue weighted by atomic mass is 14.1. The molecule has 0 amide bonds. The van der Waals surface area contributed by atoms with Crippen LogP contribution in [0.15, 0.2) is 36.5 Å². The van der Waals surface area contributed by atoms with Crippen molar-refractivity contribution >= 4 is 0 Å². The first kappa shape index (κ1) is 15.2. The van der Waals surface area contributed by atoms with Crippen LogP contribution in [-0.2, 0) is 0 Å². The van der Waals surface area contributed by atoms with Crippen LogP contribution in [0.4, 0.5) is 0 Å². The molecule has 0 heteroatoms. The van der Waals surface area contributed by atoms with Gasteiger partial charge in [0.1, 0.15) is 0 Å². The zero-order valence-electron chi connectivity index (χ0n) is 11.5. The standard InChI is InChI=1S/C16H28/c1-6-9-10-12-16(11-7-2)15(5)13-14(4)8-3/h7,10-12,14-15H,2,6,8-9,13H2,1,3-5H3/b12-10-,16-11+. The van der Waals surface area contributed by atoms with Gasteiger partial charge in [-0.25, -0.2) is 0 Å². The third-order valence-corrected chi connectivity index (χ3v) is 3.10. The van der Waals surface area contributed by atoms with Crippen molar-refractivity contribution in [1.29, 1.82) is 0 Å². The van der Waals surface area contributed by atoms with Crippen LogP contribution in [0, 0.1) is 11.8 Å². The third-order valence-electron chi connectivity index (χ3n) is 3.10. The predicted molar refractivity (Wildman–Crippen MR) is 75.6 cm³/mol. The van der Waals surface area contributed by atoms with E-state index >= 15 is 0 Å². The van der Waals surface area contributed by atoms with Crippen molar-refractivity contribution in [3.05, 3.63) is 36.5 Å². The average Bonchev–Trinajstić information content (AvgIpc) is 2.27. The van der Waals surface area contributed by atoms with Crippen molar-refractivity contribution in [3.63, 3.8) is 0 Å². The minimum absolute atomic E-state index is 0.640. The minimum atomic E-state index is 0.640. The van der Waals surface area contributed by atoms with Crippen molar-refractivity contribution < 1.29 is 0 Å². The predicted octanol–water partition coefficient (Wildman–Crippen LogP) is 5.53. The summed E-state index contributed by atoms with van der Waals surface area (Å²) >= 11 is 0. The van der Waals surface area contributed by atoms with Gasteiger partial charge in [-0.05, 0) is 30.3 Å². The molecule has 0 aliphatic carbocycles. The SMILES string of the molecule is C=C/C=C(\C=C/CCC)C(C)CC(C)CC. The van der Waals surface area contributed by atoms with Crippen molar-refractivity contribution in [3.8, 4) is 0 Å². The van der Waals surface area contributed by atoms with Crippen LogP contribution in [-0.4, -0.2) is 0 Å². The third kappa shape index (κ3) is 6.66. The first-order valence-corrected chi connectivity index (χ1v) is 6.64. The number of allylic oxidation sites excluding steroid dienone is 5. The zero-order chi connectivity index (χ0) is 12.4. The quantitative estimate of drug-likeness (QED) is 0.472. The smallest absolute Gasteiger partial charge is 0.0188 e. The Hall–Kier alpha value is -0.780. The molecule has 2 atom stereocenters. The largest absolute Gasteiger partial charge is 0.0991 e. The van der Waals surface area contributed by atoms with Gasteiger partial charge >= 0.3 is 0 Å². The van der Waals surface area contributed by atoms with Crippen LogP contribution in [0.1, 0.15) is 53.4 Å². The van der Waals surface area contributed by atoms with E-state index in [1.165, 1.54) is 31.3 Å². The topological polar surface area (TPSA) is 0 Å². The zero-order valence-corrected chi connectivity index (χ0v) is 11.5. The Kier molecular flexibility index (Phi) is 8.99. The number of rotatable bonds is 8. The fourth-order valence-corrected chi connectivity index (χ4v) is 1.81. The molecule has 0 radical (unpaired) electrons. The second-order valence-electron chi connectivity index (χ2n) is 4.74. The van der Waals surface area contributed by atoms with Crippen LogP contribution in [0.2, 0.25) is 0 Å². The molecule has 0 bridgehead atoms. The highest BCUT2D eigenvalue weighted by Crippen LogP contribution is 2.22. The monoisotopic (exact) mass is 220 g/mol. The van der Waals surface area contributed by atoms with Crippen molar-refractivity contribution in [2.45, 2.75) is 53.4 Å². The van der Waals surface area contributed by atoms with Gasteiger partial charge in [-0.15, -0.1) is 0 Å². The molecule has 0 fully saturated rings. The summed E-state index contributed by atoms with van der Waals surface area (Å²) in [7, 11) is 0. The number of unbranched alkanes of at least 4 members (excludes halogenated alkanes) is 1. The van der Waals surface area contributed by atoms with E-state index in [0.717, 1.165) is 5.92 Å². The van der Waals surface area contributed by atoms with Gasteiger partial charge in [0.05, 0.1) is 0 Å². The van der Waals surface area contributed by atoms with Crippen molar-refractivity contribution in [2.75, 3.05) is 0 Å². The average molecular weight is 220 g/mol. The maximum Gasteiger partial charge on any atom is -0.0188 e. The second kappa shape index (κ2) is 9.45. The van der Waals surface area contributed by atoms with Gasteiger partial charge in [-0.1, -0.05) is 71.4 Å². The van der Waals surface area contributed by atoms with Crippen LogP contribution >= 0.6 is 0 Å². The maximum atomic E-state index is 3.80. The van der Waals surface area contributed by atoms with E-state index in [1.807, 2.05) is 6.08 Å². The van der Waals surface area contributed by atoms with E-state index in [2.05, 4.69) is 52.5 Å². The van der Waals surface area contributed by atoms with Gasteiger partial charge in [-0.2, -0.15) is 0 Å². The molecule has 0 aromatic rings. The van der Waals surface area contributed by atoms with Crippen LogP contribution in [0.5, 0.6) is 0 Å². The van der Waals surface area contributed by atoms with Crippen LogP contribution in [0.3, 0.4) is 0 Å². The Balaban J connectivity index is 4.41. The molecule has 0 spiro atoms. The van der Waals surface area contributed by atoms with Gasteiger partial charge in [0.15, 0.2) is 0 Å². The molecular formula is C16H28. The number of hydrogen-bond donors (Lipinski definition) is 0. The molecule has 0 aliphatic heterocycles. The Labute approximate surface area is 102 Å². The summed E-state index contributed by atoms with van der Waals surface area (Å²) in [6.07, 6.45) is 13.5. The Morgan fingerprint density at radius 1 is 1.25 bits per heavy atom. The van der Waals surface area contributed by atoms with Gasteiger partial charge in [0.25, 0.3) is 0 Å². The van der Waals surface area contributed by atoms with E-state index < -0.39 is 0 Å². The van der Waals surface area contributed by atoms with Crippen LogP contribution < -0.4 is 0 Å². The highest BCUT2D eigenvalue weighted by Gasteiger charge is 2.09. The molecular weight excluding hydrogens is 192 g/mol. The Morgan fingerprint density at radius 3 is 2.44 bits per heavy atom. The fraction of sp³-hybridized carbons (Fsp3) is 0.625. The summed E-state index contributed by atoms with van der Waals surface area (Å²) in [6.45, 7) is 12.9. The van der Waals surface area contributed by atoms with Gasteiger partial charge < -0.3 is 0 Å². The van der Waals surface area contributed by atoms with E-state index in [-0.39, 0.29) is 0 Å². The molecule has 0 aromatic carbocycles. The molecule has 0 rings (SSSR count). The first-order valence-electron chi connectivity index (χ1n) is 6.64. The summed E-state index contributed by atoms with van der Waals surface area (Å²) in [4.78, 5) is 0. The lowest BCUT2D eigenvalue weighted by Gasteiger charge is -2.17. The van der Waals surface area contributed by atoms with Crippen LogP contribution in [0.25, 0.3) is 0 Å². The molecule has 0 heterocycles. The summed E-state index contributed by atoms with van der Waals surface area (Å²) < 4.78 is 0. The Bertz CT molecular complexity index is 232. The lowest BCUT2D eigenvalue weighted by Crippen LogP contribution is -2.04. The van der Waals surface area contributed by atoms with Gasteiger partial charge in [0, 0.05) is 0 Å². The van der Waals surface area contributed by atoms with Gasteiger partial charge in [-0.3, -0.25) is 0 Å². The maximum absolute atomic E-state index is 3.80. The molecule has 0 aliphatic rings. The van der Waals surface area contributed by atoms with E-state index in [9.17, 15) is 0 Å². The Morgan fingerprint density at radius 2 is 1.94 bits per heavy atom. The minimum Gasteiger partial charge on any atom is -0.0991 e. The molecule has 0 nitrogen and oxygen atoms in total. The fourth-order valence-electron chi connectivity index (χ4n) is 1.81. The summed E-state index contributed by atoms with van der Waals surface area (Å²) in [5, 5.41) is 0. The van der Waals surface area contributed by atoms with Crippen molar-refractivity contribution in [2.24, 2.45) is 11.8 Å². The molecule has 2 unspecified atom stereocenters. The lowest BCUT2D eigenvalue weighted by atomic mass is 9.89.